The molecule has 1 aromatic carbocycles. The van der Waals surface area contributed by atoms with Gasteiger partial charge >= 0.3 is 0 Å². The van der Waals surface area contributed by atoms with Crippen LogP contribution in [-0.2, 0) is 11.2 Å². The monoisotopic (exact) mass is 333 g/mol. The highest BCUT2D eigenvalue weighted by molar-refractivity contribution is 9.10. The predicted octanol–water partition coefficient (Wildman–Crippen LogP) is 2.85. The summed E-state index contributed by atoms with van der Waals surface area (Å²) in [6, 6.07) is 5.45. The van der Waals surface area contributed by atoms with Gasteiger partial charge in [-0.2, -0.15) is 11.8 Å². The van der Waals surface area contributed by atoms with E-state index in [1.165, 1.54) is 6.07 Å². The number of halogens is 2. The van der Waals surface area contributed by atoms with Crippen molar-refractivity contribution in [1.82, 2.24) is 5.32 Å². The van der Waals surface area contributed by atoms with Gasteiger partial charge in [0.15, 0.2) is 0 Å². The minimum Gasteiger partial charge on any atom is -0.375 e. The van der Waals surface area contributed by atoms with Crippen molar-refractivity contribution < 1.29 is 9.13 Å². The zero-order valence-electron chi connectivity index (χ0n) is 10.3. The lowest BCUT2D eigenvalue weighted by Gasteiger charge is -2.30. The van der Waals surface area contributed by atoms with Gasteiger partial charge < -0.3 is 10.1 Å². The van der Waals surface area contributed by atoms with Gasteiger partial charge in [0.25, 0.3) is 0 Å². The molecule has 1 aromatic rings. The van der Waals surface area contributed by atoms with Gasteiger partial charge in [-0.25, -0.2) is 4.39 Å². The van der Waals surface area contributed by atoms with Crippen LogP contribution < -0.4 is 5.32 Å². The summed E-state index contributed by atoms with van der Waals surface area (Å²) in [6.45, 7) is 0.820. The SMILES string of the molecule is CNC(Cc1ccc(F)c(Br)c1)C1CSCCO1. The van der Waals surface area contributed by atoms with Gasteiger partial charge in [0.05, 0.1) is 17.2 Å². The molecular formula is C13H17BrFNOS. The Kier molecular flexibility index (Phi) is 5.48. The number of nitrogens with one attached hydrogen (secondary N) is 1. The van der Waals surface area contributed by atoms with E-state index in [0.717, 1.165) is 30.1 Å². The first kappa shape index (κ1) is 14.3. The van der Waals surface area contributed by atoms with Gasteiger partial charge in [-0.15, -0.1) is 0 Å². The molecule has 5 heteroatoms. The van der Waals surface area contributed by atoms with Crippen molar-refractivity contribution in [3.8, 4) is 0 Å². The first-order valence-electron chi connectivity index (χ1n) is 6.01. The molecule has 1 N–H and O–H groups in total. The number of benzene rings is 1. The Labute approximate surface area is 120 Å². The number of thioether (sulfide) groups is 1. The van der Waals surface area contributed by atoms with Crippen molar-refractivity contribution in [2.24, 2.45) is 0 Å². The molecule has 1 heterocycles. The summed E-state index contributed by atoms with van der Waals surface area (Å²) in [5, 5.41) is 3.31. The van der Waals surface area contributed by atoms with Crippen molar-refractivity contribution in [3.63, 3.8) is 0 Å². The van der Waals surface area contributed by atoms with Crippen LogP contribution in [-0.4, -0.2) is 37.3 Å². The predicted molar refractivity (Wildman–Crippen MR) is 77.7 cm³/mol. The lowest BCUT2D eigenvalue weighted by Crippen LogP contribution is -2.44. The highest BCUT2D eigenvalue weighted by atomic mass is 79.9. The number of likely N-dealkylation sites (N-methyl/N-ethyl adjacent to an activating group) is 1. The van der Waals surface area contributed by atoms with Crippen LogP contribution in [0.4, 0.5) is 4.39 Å². The van der Waals surface area contributed by atoms with Gasteiger partial charge in [0, 0.05) is 17.5 Å². The minimum absolute atomic E-state index is 0.218. The number of hydrogen-bond donors (Lipinski definition) is 1. The van der Waals surface area contributed by atoms with E-state index >= 15 is 0 Å². The molecule has 0 saturated carbocycles. The number of ether oxygens (including phenoxy) is 1. The fraction of sp³-hybridized carbons (Fsp3) is 0.538. The van der Waals surface area contributed by atoms with Gasteiger partial charge in [-0.1, -0.05) is 6.07 Å². The molecule has 1 saturated heterocycles. The first-order chi connectivity index (χ1) is 8.70. The average Bonchev–Trinajstić information content (AvgIpc) is 2.41. The normalized spacial score (nSPS) is 21.8. The van der Waals surface area contributed by atoms with Gasteiger partial charge in [0.2, 0.25) is 0 Å². The van der Waals surface area contributed by atoms with Crippen molar-refractivity contribution >= 4 is 27.7 Å². The smallest absolute Gasteiger partial charge is 0.137 e. The van der Waals surface area contributed by atoms with Crippen molar-refractivity contribution in [1.29, 1.82) is 0 Å². The van der Waals surface area contributed by atoms with E-state index in [0.29, 0.717) is 4.47 Å². The Balaban J connectivity index is 2.02. The minimum atomic E-state index is -0.218. The molecule has 1 aliphatic rings. The quantitative estimate of drug-likeness (QED) is 0.915. The fourth-order valence-electron chi connectivity index (χ4n) is 2.08. The average molecular weight is 334 g/mol. The molecule has 2 unspecified atom stereocenters. The molecule has 18 heavy (non-hydrogen) atoms. The Bertz CT molecular complexity index is 399. The summed E-state index contributed by atoms with van der Waals surface area (Å²) < 4.78 is 19.5. The van der Waals surface area contributed by atoms with E-state index in [1.807, 2.05) is 30.9 Å². The maximum Gasteiger partial charge on any atom is 0.137 e. The van der Waals surface area contributed by atoms with E-state index in [1.54, 1.807) is 0 Å². The van der Waals surface area contributed by atoms with Crippen LogP contribution in [0, 0.1) is 5.82 Å². The second kappa shape index (κ2) is 6.89. The van der Waals surface area contributed by atoms with Gasteiger partial charge in [-0.05, 0) is 47.1 Å². The van der Waals surface area contributed by atoms with Crippen molar-refractivity contribution in [2.75, 3.05) is 25.2 Å². The van der Waals surface area contributed by atoms with Gasteiger partial charge in [-0.3, -0.25) is 0 Å². The first-order valence-corrected chi connectivity index (χ1v) is 7.96. The maximum atomic E-state index is 13.2. The third-order valence-electron chi connectivity index (χ3n) is 3.10. The molecule has 0 radical (unpaired) electrons. The molecule has 0 amide bonds. The van der Waals surface area contributed by atoms with Crippen molar-refractivity contribution in [3.05, 3.63) is 34.1 Å². The van der Waals surface area contributed by atoms with E-state index in [2.05, 4.69) is 21.2 Å². The summed E-state index contributed by atoms with van der Waals surface area (Å²) >= 11 is 5.15. The lowest BCUT2D eigenvalue weighted by molar-refractivity contribution is 0.0492. The molecule has 100 valence electrons. The van der Waals surface area contributed by atoms with Crippen LogP contribution in [0.1, 0.15) is 5.56 Å². The molecule has 0 bridgehead atoms. The Morgan fingerprint density at radius 2 is 2.44 bits per heavy atom. The van der Waals surface area contributed by atoms with Crippen LogP contribution in [0.3, 0.4) is 0 Å². The second-order valence-corrected chi connectivity index (χ2v) is 6.34. The van der Waals surface area contributed by atoms with E-state index in [-0.39, 0.29) is 18.0 Å². The molecule has 0 aromatic heterocycles. The summed E-state index contributed by atoms with van der Waals surface area (Å²) in [4.78, 5) is 0. The van der Waals surface area contributed by atoms with Crippen LogP contribution >= 0.6 is 27.7 Å². The van der Waals surface area contributed by atoms with Crippen LogP contribution in [0.2, 0.25) is 0 Å². The fourth-order valence-corrected chi connectivity index (χ4v) is 3.45. The van der Waals surface area contributed by atoms with Crippen molar-refractivity contribution in [2.45, 2.75) is 18.6 Å². The number of hydrogen-bond acceptors (Lipinski definition) is 3. The standard InChI is InChI=1S/C13H17BrFNOS/c1-16-12(13-8-18-5-4-17-13)7-9-2-3-11(15)10(14)6-9/h2-3,6,12-13,16H,4-5,7-8H2,1H3. The highest BCUT2D eigenvalue weighted by Gasteiger charge is 2.23. The Hall–Kier alpha value is -0.100. The van der Waals surface area contributed by atoms with E-state index in [9.17, 15) is 4.39 Å². The highest BCUT2D eigenvalue weighted by Crippen LogP contribution is 2.21. The largest absolute Gasteiger partial charge is 0.375 e. The molecule has 2 atom stereocenters. The van der Waals surface area contributed by atoms with Crippen LogP contribution in [0.15, 0.2) is 22.7 Å². The molecule has 2 rings (SSSR count). The molecule has 0 aliphatic carbocycles. The summed E-state index contributed by atoms with van der Waals surface area (Å²) in [7, 11) is 1.95. The topological polar surface area (TPSA) is 21.3 Å². The lowest BCUT2D eigenvalue weighted by atomic mass is 10.0. The summed E-state index contributed by atoms with van der Waals surface area (Å²) in [6.07, 6.45) is 1.08. The molecular weight excluding hydrogens is 317 g/mol. The van der Waals surface area contributed by atoms with Crippen LogP contribution in [0.5, 0.6) is 0 Å². The maximum absolute atomic E-state index is 13.2. The molecule has 1 aliphatic heterocycles. The van der Waals surface area contributed by atoms with E-state index < -0.39 is 0 Å². The second-order valence-electron chi connectivity index (χ2n) is 4.33. The molecule has 2 nitrogen and oxygen atoms in total. The summed E-state index contributed by atoms with van der Waals surface area (Å²) in [5.41, 5.74) is 1.11. The third-order valence-corrected chi connectivity index (χ3v) is 4.73. The zero-order chi connectivity index (χ0) is 13.0. The van der Waals surface area contributed by atoms with E-state index in [4.69, 9.17) is 4.74 Å². The molecule has 0 spiro atoms. The number of rotatable bonds is 4. The van der Waals surface area contributed by atoms with Gasteiger partial charge in [0.1, 0.15) is 5.82 Å². The Morgan fingerprint density at radius 1 is 1.61 bits per heavy atom. The van der Waals surface area contributed by atoms with Crippen LogP contribution in [0.25, 0.3) is 0 Å². The Morgan fingerprint density at radius 3 is 3.06 bits per heavy atom. The molecule has 1 fully saturated rings. The third kappa shape index (κ3) is 3.70. The zero-order valence-corrected chi connectivity index (χ0v) is 12.7. The summed E-state index contributed by atoms with van der Waals surface area (Å²) in [5.74, 6) is 1.88.